The summed E-state index contributed by atoms with van der Waals surface area (Å²) in [7, 11) is 0. The first-order valence-electron chi connectivity index (χ1n) is 8.12. The van der Waals surface area contributed by atoms with Crippen LogP contribution in [0.1, 0.15) is 57.5 Å². The van der Waals surface area contributed by atoms with Gasteiger partial charge in [0.1, 0.15) is 5.82 Å². The fourth-order valence-electron chi connectivity index (χ4n) is 2.46. The molecule has 0 aromatic carbocycles. The molecule has 0 atom stereocenters. The lowest BCUT2D eigenvalue weighted by molar-refractivity contribution is -0.204. The Morgan fingerprint density at radius 3 is 2.50 bits per heavy atom. The molecule has 1 aromatic rings. The number of nitrogens with zero attached hydrogens (tertiary/aromatic N) is 2. The van der Waals surface area contributed by atoms with Crippen LogP contribution in [0, 0.1) is 5.41 Å². The molecule has 0 unspecified atom stereocenters. The van der Waals surface area contributed by atoms with E-state index in [1.54, 1.807) is 25.8 Å². The second-order valence-electron chi connectivity index (χ2n) is 7.24. The zero-order valence-corrected chi connectivity index (χ0v) is 14.2. The quantitative estimate of drug-likeness (QED) is 0.904. The number of hydrogen-bond donors (Lipinski definition) is 1. The van der Waals surface area contributed by atoms with E-state index in [1.165, 1.54) is 6.20 Å². The molecule has 0 spiro atoms. The lowest BCUT2D eigenvalue weighted by atomic mass is 9.96. The van der Waals surface area contributed by atoms with E-state index >= 15 is 0 Å². The largest absolute Gasteiger partial charge is 0.389 e. The topological polar surface area (TPSA) is 58.2 Å². The minimum absolute atomic E-state index is 0.0848. The Balaban J connectivity index is 1.82. The van der Waals surface area contributed by atoms with Crippen LogP contribution < -0.4 is 0 Å². The highest BCUT2D eigenvalue weighted by atomic mass is 19.4. The number of hydrogen-bond acceptors (Lipinski definition) is 4. The van der Waals surface area contributed by atoms with Gasteiger partial charge in [0, 0.05) is 37.3 Å². The minimum atomic E-state index is -4.16. The van der Waals surface area contributed by atoms with Crippen molar-refractivity contribution in [2.24, 2.45) is 5.41 Å². The van der Waals surface area contributed by atoms with E-state index in [1.807, 2.05) is 0 Å². The van der Waals surface area contributed by atoms with E-state index < -0.39 is 18.0 Å². The highest BCUT2D eigenvalue weighted by Gasteiger charge is 2.30. The van der Waals surface area contributed by atoms with Gasteiger partial charge in [0.25, 0.3) is 0 Å². The summed E-state index contributed by atoms with van der Waals surface area (Å²) in [5.41, 5.74) is -0.0467. The molecular formula is C16H24F3N3O2. The molecule has 1 fully saturated rings. The number of piperidine rings is 1. The van der Waals surface area contributed by atoms with Crippen LogP contribution in [0.4, 0.5) is 13.2 Å². The van der Waals surface area contributed by atoms with Crippen molar-refractivity contribution in [3.05, 3.63) is 17.7 Å². The fraction of sp³-hybridized carbons (Fsp3) is 0.750. The van der Waals surface area contributed by atoms with Gasteiger partial charge in [-0.1, -0.05) is 0 Å². The van der Waals surface area contributed by atoms with Gasteiger partial charge in [0.15, 0.2) is 0 Å². The van der Waals surface area contributed by atoms with Gasteiger partial charge >= 0.3 is 12.1 Å². The summed E-state index contributed by atoms with van der Waals surface area (Å²) in [5, 5.41) is 1.65. The average molecular weight is 347 g/mol. The average Bonchev–Trinajstić information content (AvgIpc) is 2.93. The molecule has 136 valence electrons. The van der Waals surface area contributed by atoms with Crippen LogP contribution in [0.2, 0.25) is 0 Å². The number of H-pyrrole nitrogens is 1. The van der Waals surface area contributed by atoms with Crippen molar-refractivity contribution in [3.8, 4) is 0 Å². The van der Waals surface area contributed by atoms with Gasteiger partial charge in [-0.15, -0.1) is 5.06 Å². The van der Waals surface area contributed by atoms with Gasteiger partial charge in [-0.2, -0.15) is 13.2 Å². The molecule has 1 aliphatic rings. The molecule has 0 radical (unpaired) electrons. The number of alkyl halides is 3. The van der Waals surface area contributed by atoms with Gasteiger partial charge in [0.2, 0.25) is 0 Å². The fourth-order valence-corrected chi connectivity index (χ4v) is 2.46. The van der Waals surface area contributed by atoms with Crippen molar-refractivity contribution in [1.82, 2.24) is 15.0 Å². The van der Waals surface area contributed by atoms with Gasteiger partial charge in [-0.25, -0.2) is 9.78 Å². The van der Waals surface area contributed by atoms with Gasteiger partial charge in [0.05, 0.1) is 5.41 Å². The first-order valence-corrected chi connectivity index (χ1v) is 8.12. The minimum Gasteiger partial charge on any atom is -0.367 e. The number of aromatic amines is 1. The van der Waals surface area contributed by atoms with Crippen molar-refractivity contribution >= 4 is 5.97 Å². The van der Waals surface area contributed by atoms with E-state index in [0.717, 1.165) is 12.8 Å². The monoisotopic (exact) mass is 347 g/mol. The molecule has 0 bridgehead atoms. The van der Waals surface area contributed by atoms with Gasteiger partial charge in [-0.05, 0) is 40.0 Å². The van der Waals surface area contributed by atoms with Crippen LogP contribution in [0.5, 0.6) is 0 Å². The van der Waals surface area contributed by atoms with Crippen LogP contribution in [0.25, 0.3) is 0 Å². The Labute approximate surface area is 139 Å². The Kier molecular flexibility index (Phi) is 5.57. The summed E-state index contributed by atoms with van der Waals surface area (Å²) in [6, 6.07) is 0. The number of aryl methyl sites for hydroxylation is 1. The summed E-state index contributed by atoms with van der Waals surface area (Å²) in [6.07, 6.45) is -2.14. The number of imidazole rings is 1. The second-order valence-corrected chi connectivity index (χ2v) is 7.24. The normalized spacial score (nSPS) is 17.9. The molecule has 24 heavy (non-hydrogen) atoms. The number of carbonyl (C=O) groups excluding carboxylic acids is 1. The molecule has 1 aromatic heterocycles. The van der Waals surface area contributed by atoms with E-state index in [4.69, 9.17) is 4.84 Å². The van der Waals surface area contributed by atoms with Crippen LogP contribution in [-0.2, 0) is 16.1 Å². The maximum atomic E-state index is 12.3. The molecular weight excluding hydrogens is 323 g/mol. The van der Waals surface area contributed by atoms with Gasteiger partial charge in [-0.3, -0.25) is 0 Å². The Bertz CT molecular complexity index is 556. The lowest BCUT2D eigenvalue weighted by Crippen LogP contribution is -2.38. The third kappa shape index (κ3) is 5.51. The lowest BCUT2D eigenvalue weighted by Gasteiger charge is -2.31. The smallest absolute Gasteiger partial charge is 0.367 e. The van der Waals surface area contributed by atoms with E-state index in [9.17, 15) is 18.0 Å². The van der Waals surface area contributed by atoms with Crippen molar-refractivity contribution in [1.29, 1.82) is 0 Å². The number of carbonyl (C=O) groups is 1. The summed E-state index contributed by atoms with van der Waals surface area (Å²) < 4.78 is 36.8. The van der Waals surface area contributed by atoms with E-state index in [0.29, 0.717) is 24.6 Å². The van der Waals surface area contributed by atoms with Crippen LogP contribution in [-0.4, -0.2) is 40.3 Å². The highest BCUT2D eigenvalue weighted by molar-refractivity contribution is 5.75. The number of hydroxylamine groups is 2. The van der Waals surface area contributed by atoms with Crippen molar-refractivity contribution < 1.29 is 22.8 Å². The summed E-state index contributed by atoms with van der Waals surface area (Å²) in [6.45, 7) is 6.57. The number of nitrogens with one attached hydrogen (secondary N) is 1. The predicted molar refractivity (Wildman–Crippen MR) is 82.1 cm³/mol. The van der Waals surface area contributed by atoms with Crippen molar-refractivity contribution in [2.75, 3.05) is 13.1 Å². The first kappa shape index (κ1) is 18.8. The molecule has 0 aliphatic carbocycles. The number of halogens is 3. The molecule has 8 heteroatoms. The van der Waals surface area contributed by atoms with E-state index in [2.05, 4.69) is 9.97 Å². The zero-order chi connectivity index (χ0) is 18.0. The Morgan fingerprint density at radius 2 is 1.96 bits per heavy atom. The molecule has 5 nitrogen and oxygen atoms in total. The third-order valence-electron chi connectivity index (χ3n) is 3.99. The highest BCUT2D eigenvalue weighted by Crippen LogP contribution is 2.28. The first-order chi connectivity index (χ1) is 11.0. The summed E-state index contributed by atoms with van der Waals surface area (Å²) >= 11 is 0. The zero-order valence-electron chi connectivity index (χ0n) is 14.2. The van der Waals surface area contributed by atoms with Crippen molar-refractivity contribution in [3.63, 3.8) is 0 Å². The van der Waals surface area contributed by atoms with Crippen LogP contribution in [0.3, 0.4) is 0 Å². The van der Waals surface area contributed by atoms with Crippen LogP contribution >= 0.6 is 0 Å². The Hall–Kier alpha value is -1.57. The molecule has 1 saturated heterocycles. The molecule has 1 N–H and O–H groups in total. The molecule has 1 aliphatic heterocycles. The third-order valence-corrected chi connectivity index (χ3v) is 3.99. The predicted octanol–water partition coefficient (Wildman–Crippen LogP) is 3.59. The molecule has 2 rings (SSSR count). The van der Waals surface area contributed by atoms with Crippen LogP contribution in [0.15, 0.2) is 6.20 Å². The van der Waals surface area contributed by atoms with Gasteiger partial charge < -0.3 is 9.82 Å². The molecule has 0 saturated carbocycles. The SMILES string of the molecule is CC(C)(C)C(=O)ON1CCC(c2ncc(CCC(F)(F)F)[nH]2)CC1. The standard InChI is InChI=1S/C16H24F3N3O2/c1-15(2,3)14(23)24-22-8-5-11(6-9-22)13-20-10-12(21-13)4-7-16(17,18)19/h10-11H,4-9H2,1-3H3,(H,20,21). The number of aromatic nitrogens is 2. The maximum absolute atomic E-state index is 12.3. The Morgan fingerprint density at radius 1 is 1.33 bits per heavy atom. The number of rotatable bonds is 4. The maximum Gasteiger partial charge on any atom is 0.389 e. The molecule has 2 heterocycles. The summed E-state index contributed by atoms with van der Waals surface area (Å²) in [5.74, 6) is 0.594. The van der Waals surface area contributed by atoms with Crippen molar-refractivity contribution in [2.45, 2.75) is 58.5 Å². The second kappa shape index (κ2) is 7.13. The molecule has 0 amide bonds. The summed E-state index contributed by atoms with van der Waals surface area (Å²) in [4.78, 5) is 24.4. The van der Waals surface area contributed by atoms with E-state index in [-0.39, 0.29) is 18.3 Å².